The maximum absolute atomic E-state index is 13.4. The van der Waals surface area contributed by atoms with Crippen LogP contribution in [0.5, 0.6) is 0 Å². The lowest BCUT2D eigenvalue weighted by Crippen LogP contribution is -2.27. The third-order valence-corrected chi connectivity index (χ3v) is 3.41. The first kappa shape index (κ1) is 13.9. The summed E-state index contributed by atoms with van der Waals surface area (Å²) in [6.07, 6.45) is 1.12. The Morgan fingerprint density at radius 1 is 1.32 bits per heavy atom. The molecule has 0 bridgehead atoms. The van der Waals surface area contributed by atoms with Crippen LogP contribution in [0.3, 0.4) is 0 Å². The van der Waals surface area contributed by atoms with Crippen LogP contribution >= 0.6 is 0 Å². The molecule has 19 heavy (non-hydrogen) atoms. The summed E-state index contributed by atoms with van der Waals surface area (Å²) in [4.78, 5) is 13.5. The van der Waals surface area contributed by atoms with E-state index in [2.05, 4.69) is 0 Å². The molecule has 1 heterocycles. The molecule has 0 aliphatic carbocycles. The first-order valence-electron chi connectivity index (χ1n) is 6.48. The van der Waals surface area contributed by atoms with Crippen molar-refractivity contribution in [1.82, 2.24) is 4.90 Å². The zero-order valence-corrected chi connectivity index (χ0v) is 10.6. The molecular formula is C14H17F2NO2. The number of hydrogen-bond donors (Lipinski definition) is 1. The van der Waals surface area contributed by atoms with Gasteiger partial charge in [-0.25, -0.2) is 8.78 Å². The van der Waals surface area contributed by atoms with Crippen molar-refractivity contribution in [3.05, 3.63) is 35.4 Å². The van der Waals surface area contributed by atoms with Crippen LogP contribution in [-0.2, 0) is 4.79 Å². The molecule has 5 heteroatoms. The Kier molecular flexibility index (Phi) is 4.47. The average Bonchev–Trinajstić information content (AvgIpc) is 2.92. The van der Waals surface area contributed by atoms with Crippen LogP contribution in [0, 0.1) is 11.6 Å². The van der Waals surface area contributed by atoms with Crippen molar-refractivity contribution in [2.24, 2.45) is 0 Å². The normalized spacial score (nSPS) is 16.7. The molecule has 1 atom stereocenters. The fraction of sp³-hybridized carbons (Fsp3) is 0.500. The van der Waals surface area contributed by atoms with Gasteiger partial charge in [0, 0.05) is 25.1 Å². The second kappa shape index (κ2) is 6.10. The van der Waals surface area contributed by atoms with E-state index in [9.17, 15) is 18.7 Å². The SMILES string of the molecule is O=C(CCC(O)c1cc(F)ccc1F)N1CCCC1. The number of halogens is 2. The molecule has 2 rings (SSSR count). The molecular weight excluding hydrogens is 252 g/mol. The van der Waals surface area contributed by atoms with Crippen LogP contribution in [-0.4, -0.2) is 29.0 Å². The van der Waals surface area contributed by atoms with Crippen molar-refractivity contribution in [2.45, 2.75) is 31.8 Å². The van der Waals surface area contributed by atoms with Crippen molar-refractivity contribution < 1.29 is 18.7 Å². The van der Waals surface area contributed by atoms with Gasteiger partial charge in [0.15, 0.2) is 0 Å². The predicted octanol–water partition coefficient (Wildman–Crippen LogP) is 2.40. The van der Waals surface area contributed by atoms with Crippen molar-refractivity contribution in [3.8, 4) is 0 Å². The monoisotopic (exact) mass is 269 g/mol. The molecule has 104 valence electrons. The van der Waals surface area contributed by atoms with Gasteiger partial charge in [0.05, 0.1) is 6.10 Å². The lowest BCUT2D eigenvalue weighted by atomic mass is 10.0. The van der Waals surface area contributed by atoms with E-state index in [-0.39, 0.29) is 24.3 Å². The average molecular weight is 269 g/mol. The summed E-state index contributed by atoms with van der Waals surface area (Å²) in [6, 6.07) is 2.96. The van der Waals surface area contributed by atoms with Gasteiger partial charge in [-0.2, -0.15) is 0 Å². The number of aliphatic hydroxyl groups excluding tert-OH is 1. The summed E-state index contributed by atoms with van der Waals surface area (Å²) in [5.74, 6) is -1.28. The summed E-state index contributed by atoms with van der Waals surface area (Å²) in [5, 5.41) is 9.84. The lowest BCUT2D eigenvalue weighted by Gasteiger charge is -2.17. The first-order chi connectivity index (χ1) is 9.08. The van der Waals surface area contributed by atoms with Crippen molar-refractivity contribution in [3.63, 3.8) is 0 Å². The highest BCUT2D eigenvalue weighted by atomic mass is 19.1. The standard InChI is InChI=1S/C14H17F2NO2/c15-10-3-4-12(16)11(9-10)13(18)5-6-14(19)17-7-1-2-8-17/h3-4,9,13,18H,1-2,5-8H2. The van der Waals surface area contributed by atoms with Gasteiger partial charge < -0.3 is 10.0 Å². The van der Waals surface area contributed by atoms with Crippen molar-refractivity contribution >= 4 is 5.91 Å². The summed E-state index contributed by atoms with van der Waals surface area (Å²) in [7, 11) is 0. The molecule has 1 aromatic rings. The number of carbonyl (C=O) groups excluding carboxylic acids is 1. The number of rotatable bonds is 4. The molecule has 1 aromatic carbocycles. The minimum atomic E-state index is -1.15. The van der Waals surface area contributed by atoms with Crippen LogP contribution in [0.1, 0.15) is 37.4 Å². The van der Waals surface area contributed by atoms with Gasteiger partial charge in [0.25, 0.3) is 0 Å². The number of carbonyl (C=O) groups is 1. The van der Waals surface area contributed by atoms with Gasteiger partial charge >= 0.3 is 0 Å². The van der Waals surface area contributed by atoms with Gasteiger partial charge in [-0.05, 0) is 37.5 Å². The van der Waals surface area contributed by atoms with Crippen molar-refractivity contribution in [2.75, 3.05) is 13.1 Å². The maximum atomic E-state index is 13.4. The molecule has 0 saturated carbocycles. The Hall–Kier alpha value is -1.49. The fourth-order valence-electron chi connectivity index (χ4n) is 2.31. The summed E-state index contributed by atoms with van der Waals surface area (Å²) < 4.78 is 26.4. The quantitative estimate of drug-likeness (QED) is 0.911. The van der Waals surface area contributed by atoms with Gasteiger partial charge in [-0.1, -0.05) is 0 Å². The highest BCUT2D eigenvalue weighted by Gasteiger charge is 2.20. The van der Waals surface area contributed by atoms with Gasteiger partial charge in [0.1, 0.15) is 11.6 Å². The molecule has 1 unspecified atom stereocenters. The Labute approximate surface area is 110 Å². The minimum absolute atomic E-state index is 0.0339. The Bertz CT molecular complexity index is 459. The van der Waals surface area contributed by atoms with E-state index >= 15 is 0 Å². The van der Waals surface area contributed by atoms with Gasteiger partial charge in [0.2, 0.25) is 5.91 Å². The number of nitrogens with zero attached hydrogens (tertiary/aromatic N) is 1. The molecule has 3 nitrogen and oxygen atoms in total. The molecule has 0 spiro atoms. The Morgan fingerprint density at radius 2 is 2.00 bits per heavy atom. The highest BCUT2D eigenvalue weighted by Crippen LogP contribution is 2.23. The number of likely N-dealkylation sites (tertiary alicyclic amines) is 1. The van der Waals surface area contributed by atoms with Crippen LogP contribution in [0.25, 0.3) is 0 Å². The Balaban J connectivity index is 1.91. The van der Waals surface area contributed by atoms with E-state index in [4.69, 9.17) is 0 Å². The lowest BCUT2D eigenvalue weighted by molar-refractivity contribution is -0.130. The third-order valence-electron chi connectivity index (χ3n) is 3.41. The Morgan fingerprint density at radius 3 is 2.68 bits per heavy atom. The van der Waals surface area contributed by atoms with E-state index < -0.39 is 17.7 Å². The van der Waals surface area contributed by atoms with Crippen molar-refractivity contribution in [1.29, 1.82) is 0 Å². The van der Waals surface area contributed by atoms with Crippen LogP contribution < -0.4 is 0 Å². The second-order valence-electron chi connectivity index (χ2n) is 4.81. The minimum Gasteiger partial charge on any atom is -0.388 e. The number of benzene rings is 1. The van der Waals surface area contributed by atoms with E-state index in [1.165, 1.54) is 0 Å². The van der Waals surface area contributed by atoms with E-state index in [1.807, 2.05) is 0 Å². The molecule has 0 radical (unpaired) electrons. The number of amides is 1. The topological polar surface area (TPSA) is 40.5 Å². The predicted molar refractivity (Wildman–Crippen MR) is 66.4 cm³/mol. The van der Waals surface area contributed by atoms with E-state index in [0.717, 1.165) is 44.1 Å². The van der Waals surface area contributed by atoms with Gasteiger partial charge in [-0.3, -0.25) is 4.79 Å². The second-order valence-corrected chi connectivity index (χ2v) is 4.81. The van der Waals surface area contributed by atoms with E-state index in [1.54, 1.807) is 4.90 Å². The fourth-order valence-corrected chi connectivity index (χ4v) is 2.31. The number of hydrogen-bond acceptors (Lipinski definition) is 2. The zero-order valence-electron chi connectivity index (χ0n) is 10.6. The van der Waals surface area contributed by atoms with E-state index in [0.29, 0.717) is 0 Å². The summed E-state index contributed by atoms with van der Waals surface area (Å²) >= 11 is 0. The summed E-state index contributed by atoms with van der Waals surface area (Å²) in [6.45, 7) is 1.51. The maximum Gasteiger partial charge on any atom is 0.222 e. The highest BCUT2D eigenvalue weighted by molar-refractivity contribution is 5.76. The van der Waals surface area contributed by atoms with Crippen LogP contribution in [0.15, 0.2) is 18.2 Å². The zero-order chi connectivity index (χ0) is 13.8. The molecule has 1 aliphatic rings. The molecule has 1 fully saturated rings. The summed E-state index contributed by atoms with van der Waals surface area (Å²) in [5.41, 5.74) is -0.0887. The largest absolute Gasteiger partial charge is 0.388 e. The third kappa shape index (κ3) is 3.50. The number of aliphatic hydroxyl groups is 1. The molecule has 1 amide bonds. The molecule has 0 aromatic heterocycles. The molecule has 1 N–H and O–H groups in total. The molecule has 1 saturated heterocycles. The smallest absolute Gasteiger partial charge is 0.222 e. The van der Waals surface area contributed by atoms with Crippen LogP contribution in [0.4, 0.5) is 8.78 Å². The van der Waals surface area contributed by atoms with Gasteiger partial charge in [-0.15, -0.1) is 0 Å². The first-order valence-corrected chi connectivity index (χ1v) is 6.48. The molecule has 1 aliphatic heterocycles. The van der Waals surface area contributed by atoms with Crippen LogP contribution in [0.2, 0.25) is 0 Å².